The average Bonchev–Trinajstić information content (AvgIpc) is 2.40. The molecular weight excluding hydrogens is 1160 g/mol. The summed E-state index contributed by atoms with van der Waals surface area (Å²) >= 11 is 0. The van der Waals surface area contributed by atoms with Crippen molar-refractivity contribution < 1.29 is 93.4 Å². The van der Waals surface area contributed by atoms with Crippen LogP contribution in [0.25, 0.3) is 36.5 Å². The molecule has 0 aliphatic rings. The summed E-state index contributed by atoms with van der Waals surface area (Å²) in [5, 5.41) is 20.5. The van der Waals surface area contributed by atoms with Crippen LogP contribution in [0.5, 0.6) is 11.5 Å². The Bertz CT molecular complexity index is 3110. The molecule has 0 saturated heterocycles. The van der Waals surface area contributed by atoms with Crippen LogP contribution in [0.3, 0.4) is 0 Å². The van der Waals surface area contributed by atoms with Gasteiger partial charge in [-0.1, -0.05) is 130 Å². The van der Waals surface area contributed by atoms with Crippen molar-refractivity contribution in [1.82, 2.24) is 5.01 Å². The Morgan fingerprint density at radius 1 is 0.512 bits per heavy atom. The van der Waals surface area contributed by atoms with Crippen molar-refractivity contribution in [2.24, 2.45) is 10.3 Å². The molecule has 26 heteroatoms. The first-order chi connectivity index (χ1) is 39.2. The van der Waals surface area contributed by atoms with E-state index >= 15 is 4.39 Å². The van der Waals surface area contributed by atoms with Crippen LogP contribution in [-0.4, -0.2) is 77.3 Å². The fourth-order valence-electron chi connectivity index (χ4n) is 7.65. The van der Waals surface area contributed by atoms with E-state index in [0.717, 1.165) is 77.8 Å². The van der Waals surface area contributed by atoms with Crippen LogP contribution < -0.4 is 9.47 Å². The molecule has 0 bridgehead atoms. The van der Waals surface area contributed by atoms with Crippen molar-refractivity contribution in [3.8, 4) is 11.5 Å². The molecule has 0 N–H and O–H groups in total. The molecule has 0 fully saturated rings. The number of ether oxygens (including phenoxy) is 2. The largest absolute Gasteiger partial charge is 0.493 e. The Balaban J connectivity index is 1.22. The molecule has 0 saturated carbocycles. The zero-order valence-corrected chi connectivity index (χ0v) is 44.8. The summed E-state index contributed by atoms with van der Waals surface area (Å²) in [7, 11) is 0. The molecule has 8 nitrogen and oxygen atoms in total. The highest BCUT2D eigenvalue weighted by molar-refractivity contribution is 5.79. The van der Waals surface area contributed by atoms with Crippen LogP contribution in [0, 0.1) is 15.9 Å². The predicted octanol–water partition coefficient (Wildman–Crippen LogP) is 19.5. The number of halogens is 18. The molecule has 5 aromatic rings. The summed E-state index contributed by atoms with van der Waals surface area (Å²) in [6, 6.07) is 25.7. The molecule has 5 aromatic carbocycles. The second-order valence-electron chi connectivity index (χ2n) is 19.1. The number of nitro groups is 1. The predicted molar refractivity (Wildman–Crippen MR) is 281 cm³/mol. The van der Waals surface area contributed by atoms with E-state index in [2.05, 4.69) is 17.3 Å². The molecule has 84 heavy (non-hydrogen) atoms. The van der Waals surface area contributed by atoms with E-state index in [-0.39, 0.29) is 24.5 Å². The number of benzene rings is 5. The molecule has 0 spiro atoms. The standard InChI is InChI=1S/C58H54F18N4O4/c1-4-7-32-83-49-36-45(25-20-40-21-26-46(27-22-40)80(81)82)50(84-33-8-5-2)35-44(49)24-19-39-11-9-38(10-12-39)13-16-42-23-28-48(47(59)34-42)77-78-79(31-6-3)37-43-17-14-41(15-18-43)29-30-51(60,61)52(62,63)53(64,65)54(66,67)55(68,69)56(70,71)57(72,73)58(74,75)76/h9-28,34-36H,4-8,29-33,37H2,1-3H3/b16-13+,24-19+,25-20+,78-77?. The fourth-order valence-corrected chi connectivity index (χ4v) is 7.65. The van der Waals surface area contributed by atoms with Gasteiger partial charge in [-0.05, 0) is 95.5 Å². The van der Waals surface area contributed by atoms with Crippen LogP contribution >= 0.6 is 0 Å². The van der Waals surface area contributed by atoms with Crippen molar-refractivity contribution in [3.63, 3.8) is 0 Å². The first kappa shape index (κ1) is 67.3. The minimum absolute atomic E-state index is 0.0210. The van der Waals surface area contributed by atoms with Gasteiger partial charge in [0.25, 0.3) is 5.69 Å². The molecule has 0 radical (unpaired) electrons. The summed E-state index contributed by atoms with van der Waals surface area (Å²) in [6.45, 7) is 6.85. The Morgan fingerprint density at radius 2 is 0.929 bits per heavy atom. The summed E-state index contributed by atoms with van der Waals surface area (Å²) < 4.78 is 261. The van der Waals surface area contributed by atoms with E-state index in [9.17, 15) is 84.8 Å². The molecule has 0 aliphatic heterocycles. The van der Waals surface area contributed by atoms with Crippen molar-refractivity contribution in [1.29, 1.82) is 0 Å². The normalized spacial score (nSPS) is 13.5. The third kappa shape index (κ3) is 15.4. The summed E-state index contributed by atoms with van der Waals surface area (Å²) in [6.07, 6.45) is 3.02. The third-order valence-electron chi connectivity index (χ3n) is 12.7. The first-order valence-electron chi connectivity index (χ1n) is 25.8. The quantitative estimate of drug-likeness (QED) is 0.0114. The molecule has 0 unspecified atom stereocenters. The number of aryl methyl sites for hydroxylation is 1. The number of nitro benzene ring substituents is 1. The summed E-state index contributed by atoms with van der Waals surface area (Å²) in [5.74, 6) is -56.3. The molecule has 0 aromatic heterocycles. The van der Waals surface area contributed by atoms with Crippen LogP contribution in [-0.2, 0) is 13.0 Å². The van der Waals surface area contributed by atoms with Gasteiger partial charge in [0.2, 0.25) is 0 Å². The van der Waals surface area contributed by atoms with Gasteiger partial charge in [-0.15, -0.1) is 5.11 Å². The minimum atomic E-state index is -8.69. The van der Waals surface area contributed by atoms with Crippen molar-refractivity contribution in [2.45, 2.75) is 120 Å². The van der Waals surface area contributed by atoms with Gasteiger partial charge in [0.05, 0.1) is 24.7 Å². The fraction of sp³-hybridized carbons (Fsp3) is 0.379. The number of hydrogen-bond acceptors (Lipinski definition) is 6. The lowest BCUT2D eigenvalue weighted by Gasteiger charge is -2.42. The molecule has 0 heterocycles. The van der Waals surface area contributed by atoms with E-state index in [1.807, 2.05) is 67.6 Å². The maximum atomic E-state index is 15.3. The van der Waals surface area contributed by atoms with Crippen LogP contribution in [0.2, 0.25) is 0 Å². The van der Waals surface area contributed by atoms with Crippen LogP contribution in [0.4, 0.5) is 90.4 Å². The van der Waals surface area contributed by atoms with Gasteiger partial charge in [-0.2, -0.15) is 74.6 Å². The molecule has 0 aliphatic carbocycles. The van der Waals surface area contributed by atoms with Gasteiger partial charge >= 0.3 is 47.6 Å². The van der Waals surface area contributed by atoms with Gasteiger partial charge < -0.3 is 9.47 Å². The monoisotopic (exact) mass is 1210 g/mol. The molecule has 456 valence electrons. The summed E-state index contributed by atoms with van der Waals surface area (Å²) in [4.78, 5) is 10.7. The van der Waals surface area contributed by atoms with E-state index < -0.39 is 76.8 Å². The van der Waals surface area contributed by atoms with Gasteiger partial charge in [-0.25, -0.2) is 4.39 Å². The number of rotatable bonds is 30. The number of hydrogen-bond donors (Lipinski definition) is 0. The first-order valence-corrected chi connectivity index (χ1v) is 25.8. The Morgan fingerprint density at radius 3 is 1.37 bits per heavy atom. The lowest BCUT2D eigenvalue weighted by Crippen LogP contribution is -2.74. The zero-order chi connectivity index (χ0) is 62.5. The molecular formula is C58H54F18N4O4. The number of non-ortho nitro benzene ring substituents is 1. The number of alkyl halides is 17. The highest BCUT2D eigenvalue weighted by atomic mass is 19.4. The van der Waals surface area contributed by atoms with Gasteiger partial charge in [-0.3, -0.25) is 15.1 Å². The van der Waals surface area contributed by atoms with Crippen molar-refractivity contribution in [2.75, 3.05) is 19.8 Å². The maximum Gasteiger partial charge on any atom is 0.460 e. The Hall–Kier alpha value is -7.54. The second kappa shape index (κ2) is 27.4. The van der Waals surface area contributed by atoms with E-state index in [0.29, 0.717) is 42.3 Å². The van der Waals surface area contributed by atoms with E-state index in [1.54, 1.807) is 37.3 Å². The Kier molecular flexibility index (Phi) is 22.0. The number of unbranched alkanes of at least 4 members (excludes halogenated alkanes) is 2. The average molecular weight is 1210 g/mol. The number of nitrogens with zero attached hydrogens (tertiary/aromatic N) is 4. The summed E-state index contributed by atoms with van der Waals surface area (Å²) in [5.41, 5.74) is 4.02. The smallest absolute Gasteiger partial charge is 0.460 e. The second-order valence-corrected chi connectivity index (χ2v) is 19.1. The highest BCUT2D eigenvalue weighted by Crippen LogP contribution is 2.64. The van der Waals surface area contributed by atoms with Gasteiger partial charge in [0.15, 0.2) is 5.82 Å². The van der Waals surface area contributed by atoms with Crippen molar-refractivity contribution in [3.05, 3.63) is 164 Å². The molecule has 5 rings (SSSR count). The van der Waals surface area contributed by atoms with E-state index in [1.165, 1.54) is 29.3 Å². The van der Waals surface area contributed by atoms with Gasteiger partial charge in [0, 0.05) is 36.2 Å². The van der Waals surface area contributed by atoms with Crippen LogP contribution in [0.1, 0.15) is 104 Å². The molecule has 0 amide bonds. The maximum absolute atomic E-state index is 15.3. The third-order valence-corrected chi connectivity index (χ3v) is 12.7. The highest BCUT2D eigenvalue weighted by Gasteiger charge is 2.95. The van der Waals surface area contributed by atoms with E-state index in [4.69, 9.17) is 9.47 Å². The van der Waals surface area contributed by atoms with Gasteiger partial charge in [0.1, 0.15) is 17.2 Å². The molecule has 0 atom stereocenters. The SMILES string of the molecule is CCCCOc1cc(/C=C/c2ccc([N+](=O)[O-])cc2)c(OCCCC)cc1/C=C/c1ccc(/C=C/c2ccc(N=NN(CCC)Cc3ccc(CCC(F)(F)C(F)(F)C(F)(F)C(F)(F)C(F)(F)C(F)(F)C(F)(F)C(F)(F)F)cc3)c(F)c2)cc1. The lowest BCUT2D eigenvalue weighted by molar-refractivity contribution is -0.461. The topological polar surface area (TPSA) is 89.6 Å². The Labute approximate surface area is 470 Å². The lowest BCUT2D eigenvalue weighted by atomic mass is 9.87. The van der Waals surface area contributed by atoms with Crippen LogP contribution in [0.15, 0.2) is 113 Å². The minimum Gasteiger partial charge on any atom is -0.493 e. The van der Waals surface area contributed by atoms with Crippen molar-refractivity contribution >= 4 is 47.8 Å². The zero-order valence-electron chi connectivity index (χ0n) is 44.8.